The maximum atomic E-state index is 5.89. The van der Waals surface area contributed by atoms with Gasteiger partial charge >= 0.3 is 0 Å². The molecule has 0 N–H and O–H groups in total. The van der Waals surface area contributed by atoms with Crippen LogP contribution >= 0.6 is 0 Å². The number of benzene rings is 2. The van der Waals surface area contributed by atoms with Gasteiger partial charge in [0.15, 0.2) is 0 Å². The average Bonchev–Trinajstić information content (AvgIpc) is 2.59. The number of hydrogen-bond donors (Lipinski definition) is 0. The first-order valence-electron chi connectivity index (χ1n) is 8.93. The quantitative estimate of drug-likeness (QED) is 0.461. The Labute approximate surface area is 141 Å². The summed E-state index contributed by atoms with van der Waals surface area (Å²) >= 11 is 0. The van der Waals surface area contributed by atoms with Crippen molar-refractivity contribution in [3.05, 3.63) is 72.6 Å². The third-order valence-corrected chi connectivity index (χ3v) is 4.09. The minimum atomic E-state index is 0.817. The van der Waals surface area contributed by atoms with E-state index >= 15 is 0 Å². The topological polar surface area (TPSA) is 9.23 Å². The summed E-state index contributed by atoms with van der Waals surface area (Å²) in [5.41, 5.74) is 2.81. The van der Waals surface area contributed by atoms with Crippen LogP contribution in [-0.2, 0) is 12.8 Å². The van der Waals surface area contributed by atoms with Crippen LogP contribution in [-0.4, -0.2) is 6.61 Å². The summed E-state index contributed by atoms with van der Waals surface area (Å²) in [5.74, 6) is 1.01. The van der Waals surface area contributed by atoms with Gasteiger partial charge in [0.2, 0.25) is 0 Å². The fourth-order valence-corrected chi connectivity index (χ4v) is 2.74. The fourth-order valence-electron chi connectivity index (χ4n) is 2.74. The highest BCUT2D eigenvalue weighted by atomic mass is 16.5. The van der Waals surface area contributed by atoms with Crippen molar-refractivity contribution in [1.82, 2.24) is 0 Å². The molecule has 2 rings (SSSR count). The van der Waals surface area contributed by atoms with Crippen LogP contribution < -0.4 is 4.74 Å². The van der Waals surface area contributed by atoms with E-state index in [1.807, 2.05) is 0 Å². The molecule has 23 heavy (non-hydrogen) atoms. The summed E-state index contributed by atoms with van der Waals surface area (Å²) in [6.07, 6.45) is 9.32. The van der Waals surface area contributed by atoms with Gasteiger partial charge in [0.25, 0.3) is 0 Å². The molecule has 0 aliphatic heterocycles. The molecule has 0 bridgehead atoms. The number of unbranched alkanes of at least 4 members (excludes halogenated alkanes) is 4. The highest BCUT2D eigenvalue weighted by Gasteiger charge is 1.98. The van der Waals surface area contributed by atoms with E-state index in [0.29, 0.717) is 0 Å². The van der Waals surface area contributed by atoms with Crippen molar-refractivity contribution in [1.29, 1.82) is 0 Å². The third-order valence-electron chi connectivity index (χ3n) is 4.09. The molecule has 0 atom stereocenters. The average molecular weight is 309 g/mol. The van der Waals surface area contributed by atoms with Crippen molar-refractivity contribution in [2.75, 3.05) is 6.61 Å². The molecule has 0 fully saturated rings. The minimum absolute atomic E-state index is 0.817. The number of aryl methyl sites for hydroxylation is 2. The van der Waals surface area contributed by atoms with E-state index in [9.17, 15) is 0 Å². The van der Waals surface area contributed by atoms with E-state index in [2.05, 4.69) is 61.5 Å². The van der Waals surface area contributed by atoms with Gasteiger partial charge in [-0.1, -0.05) is 62.2 Å². The molecule has 2 aromatic rings. The van der Waals surface area contributed by atoms with Crippen molar-refractivity contribution in [3.8, 4) is 5.75 Å². The standard InChI is InChI=1S/C22H29O/c1-2-3-6-15-21-16-11-17-22(19-21)23-18-10-5-9-14-20-12-7-4-8-13-20/h4,7-8,11-13,16-17,19H,1-3,5-6,9-10,14-15,18H2. The van der Waals surface area contributed by atoms with Crippen molar-refractivity contribution in [3.63, 3.8) is 0 Å². The van der Waals surface area contributed by atoms with Crippen LogP contribution in [0.15, 0.2) is 54.6 Å². The van der Waals surface area contributed by atoms with Gasteiger partial charge in [-0.15, -0.1) is 0 Å². The monoisotopic (exact) mass is 309 g/mol. The highest BCUT2D eigenvalue weighted by molar-refractivity contribution is 5.28. The Bertz CT molecular complexity index is 533. The van der Waals surface area contributed by atoms with Gasteiger partial charge in [-0.05, 0) is 61.8 Å². The van der Waals surface area contributed by atoms with Crippen LogP contribution in [0, 0.1) is 6.92 Å². The van der Waals surface area contributed by atoms with Crippen molar-refractivity contribution in [2.24, 2.45) is 0 Å². The third kappa shape index (κ3) is 7.36. The molecule has 1 radical (unpaired) electrons. The molecule has 0 saturated heterocycles. The van der Waals surface area contributed by atoms with Crippen molar-refractivity contribution >= 4 is 0 Å². The van der Waals surface area contributed by atoms with Crippen LogP contribution in [0.4, 0.5) is 0 Å². The lowest BCUT2D eigenvalue weighted by atomic mass is 10.1. The summed E-state index contributed by atoms with van der Waals surface area (Å²) in [6, 6.07) is 19.3. The van der Waals surface area contributed by atoms with E-state index < -0.39 is 0 Å². The first-order chi connectivity index (χ1) is 11.4. The Morgan fingerprint density at radius 1 is 0.696 bits per heavy atom. The van der Waals surface area contributed by atoms with Crippen LogP contribution in [0.2, 0.25) is 0 Å². The Morgan fingerprint density at radius 3 is 2.26 bits per heavy atom. The van der Waals surface area contributed by atoms with Crippen LogP contribution in [0.25, 0.3) is 0 Å². The molecular weight excluding hydrogens is 280 g/mol. The molecule has 0 aliphatic rings. The second-order valence-corrected chi connectivity index (χ2v) is 6.10. The molecule has 123 valence electrons. The van der Waals surface area contributed by atoms with Gasteiger partial charge in [0.05, 0.1) is 6.61 Å². The van der Waals surface area contributed by atoms with Crippen LogP contribution in [0.1, 0.15) is 49.7 Å². The predicted octanol–water partition coefficient (Wildman–Crippen LogP) is 6.03. The maximum absolute atomic E-state index is 5.89. The molecule has 0 aromatic heterocycles. The van der Waals surface area contributed by atoms with Gasteiger partial charge in [-0.25, -0.2) is 0 Å². The lowest BCUT2D eigenvalue weighted by Crippen LogP contribution is -1.98. The molecule has 0 unspecified atom stereocenters. The number of ether oxygens (including phenoxy) is 1. The molecule has 0 spiro atoms. The zero-order valence-corrected chi connectivity index (χ0v) is 14.2. The number of hydrogen-bond acceptors (Lipinski definition) is 1. The van der Waals surface area contributed by atoms with Crippen LogP contribution in [0.3, 0.4) is 0 Å². The smallest absolute Gasteiger partial charge is 0.119 e. The lowest BCUT2D eigenvalue weighted by molar-refractivity contribution is 0.305. The Hall–Kier alpha value is -1.76. The van der Waals surface area contributed by atoms with E-state index in [0.717, 1.165) is 31.6 Å². The molecule has 1 nitrogen and oxygen atoms in total. The zero-order chi connectivity index (χ0) is 16.2. The van der Waals surface area contributed by atoms with Gasteiger partial charge in [-0.2, -0.15) is 0 Å². The molecule has 0 saturated carbocycles. The van der Waals surface area contributed by atoms with E-state index in [4.69, 9.17) is 4.74 Å². The van der Waals surface area contributed by atoms with Crippen LogP contribution in [0.5, 0.6) is 5.75 Å². The van der Waals surface area contributed by atoms with Gasteiger partial charge in [0, 0.05) is 0 Å². The maximum Gasteiger partial charge on any atom is 0.119 e. The van der Waals surface area contributed by atoms with E-state index in [-0.39, 0.29) is 0 Å². The van der Waals surface area contributed by atoms with E-state index in [1.54, 1.807) is 0 Å². The summed E-state index contributed by atoms with van der Waals surface area (Å²) in [4.78, 5) is 0. The normalized spacial score (nSPS) is 10.7. The number of rotatable bonds is 11. The van der Waals surface area contributed by atoms with E-state index in [1.165, 1.54) is 43.2 Å². The SMILES string of the molecule is [CH2]CCCCc1cccc(OCCCCCc2ccccc2)c1. The first-order valence-corrected chi connectivity index (χ1v) is 8.93. The summed E-state index contributed by atoms with van der Waals surface area (Å²) in [5, 5.41) is 0. The van der Waals surface area contributed by atoms with Gasteiger partial charge in [0.1, 0.15) is 5.75 Å². The Balaban J connectivity index is 1.59. The van der Waals surface area contributed by atoms with Crippen molar-refractivity contribution in [2.45, 2.75) is 51.4 Å². The highest BCUT2D eigenvalue weighted by Crippen LogP contribution is 2.16. The molecule has 0 heterocycles. The Kier molecular flexibility index (Phi) is 8.32. The minimum Gasteiger partial charge on any atom is -0.494 e. The molecule has 0 aliphatic carbocycles. The fraction of sp³-hybridized carbons (Fsp3) is 0.409. The lowest BCUT2D eigenvalue weighted by Gasteiger charge is -2.08. The van der Waals surface area contributed by atoms with Gasteiger partial charge < -0.3 is 4.74 Å². The first kappa shape index (κ1) is 17.6. The molecule has 2 aromatic carbocycles. The summed E-state index contributed by atoms with van der Waals surface area (Å²) < 4.78 is 5.89. The molecule has 1 heteroatoms. The molecular formula is C22H29O. The molecule has 0 amide bonds. The second-order valence-electron chi connectivity index (χ2n) is 6.10. The second kappa shape index (κ2) is 10.9. The van der Waals surface area contributed by atoms with Gasteiger partial charge in [-0.3, -0.25) is 0 Å². The van der Waals surface area contributed by atoms with Crippen molar-refractivity contribution < 1.29 is 4.74 Å². The largest absolute Gasteiger partial charge is 0.494 e. The zero-order valence-electron chi connectivity index (χ0n) is 14.2. The predicted molar refractivity (Wildman–Crippen MR) is 98.8 cm³/mol. The Morgan fingerprint density at radius 2 is 1.43 bits per heavy atom. The summed E-state index contributed by atoms with van der Waals surface area (Å²) in [6.45, 7) is 4.71. The summed E-state index contributed by atoms with van der Waals surface area (Å²) in [7, 11) is 0.